The second-order valence-corrected chi connectivity index (χ2v) is 15.9. The lowest BCUT2D eigenvalue weighted by molar-refractivity contribution is 0.660. The maximum absolute atomic E-state index is 5.18. The molecular formula is C55H38N4. The highest BCUT2D eigenvalue weighted by molar-refractivity contribution is 6.10. The molecule has 0 aliphatic heterocycles. The molecule has 0 radical (unpaired) electrons. The van der Waals surface area contributed by atoms with Crippen LogP contribution in [0.1, 0.15) is 25.0 Å². The zero-order chi connectivity index (χ0) is 39.5. The van der Waals surface area contributed by atoms with Gasteiger partial charge in [-0.3, -0.25) is 0 Å². The van der Waals surface area contributed by atoms with E-state index in [1.54, 1.807) is 0 Å². The van der Waals surface area contributed by atoms with Gasteiger partial charge >= 0.3 is 0 Å². The molecule has 0 saturated heterocycles. The molecule has 0 N–H and O–H groups in total. The molecule has 0 unspecified atom stereocenters. The van der Waals surface area contributed by atoms with E-state index in [0.717, 1.165) is 66.5 Å². The van der Waals surface area contributed by atoms with Gasteiger partial charge in [0.2, 0.25) is 0 Å². The van der Waals surface area contributed by atoms with Crippen molar-refractivity contribution in [3.63, 3.8) is 0 Å². The second-order valence-electron chi connectivity index (χ2n) is 15.9. The van der Waals surface area contributed by atoms with Crippen molar-refractivity contribution in [3.8, 4) is 78.8 Å². The molecule has 0 fully saturated rings. The zero-order valence-corrected chi connectivity index (χ0v) is 32.8. The van der Waals surface area contributed by atoms with E-state index in [2.05, 4.69) is 172 Å². The Kier molecular flexibility index (Phi) is 8.12. The summed E-state index contributed by atoms with van der Waals surface area (Å²) in [4.78, 5) is 20.5. The maximum atomic E-state index is 5.18. The molecule has 0 atom stereocenters. The SMILES string of the molecule is CC1(C)c2ccccc2-c2cc(-c3cc(-c4ccc(-c5nc6ccccc6c6ccccc56)cc4)cc(-c4nc(-c5ccccc5)nc(-c5ccccc5)n4)c3)ccc21. The number of rotatable bonds is 6. The molecule has 2 aromatic heterocycles. The van der Waals surface area contributed by atoms with E-state index < -0.39 is 0 Å². The smallest absolute Gasteiger partial charge is 0.164 e. The molecule has 4 nitrogen and oxygen atoms in total. The van der Waals surface area contributed by atoms with Crippen molar-refractivity contribution in [1.29, 1.82) is 0 Å². The second kappa shape index (κ2) is 13.8. The summed E-state index contributed by atoms with van der Waals surface area (Å²) in [6.07, 6.45) is 0. The lowest BCUT2D eigenvalue weighted by Crippen LogP contribution is -2.14. The number of hydrogen-bond donors (Lipinski definition) is 0. The van der Waals surface area contributed by atoms with Gasteiger partial charge in [0, 0.05) is 38.4 Å². The van der Waals surface area contributed by atoms with E-state index in [0.29, 0.717) is 17.5 Å². The van der Waals surface area contributed by atoms with Crippen molar-refractivity contribution >= 4 is 21.7 Å². The lowest BCUT2D eigenvalue weighted by atomic mass is 9.82. The monoisotopic (exact) mass is 754 g/mol. The van der Waals surface area contributed by atoms with Crippen LogP contribution >= 0.6 is 0 Å². The molecule has 0 spiro atoms. The van der Waals surface area contributed by atoms with Crippen LogP contribution in [0, 0.1) is 0 Å². The number of aromatic nitrogens is 4. The van der Waals surface area contributed by atoms with Crippen LogP contribution in [0.5, 0.6) is 0 Å². The van der Waals surface area contributed by atoms with Gasteiger partial charge in [-0.05, 0) is 80.2 Å². The molecule has 8 aromatic carbocycles. The molecule has 59 heavy (non-hydrogen) atoms. The zero-order valence-electron chi connectivity index (χ0n) is 32.8. The standard InChI is InChI=1S/C55H38N4/c1-55(2)48-23-13-11-20-44(48)47-34-39(29-30-49(47)55)41-31-40(35-25-27-36(28-26-35)51-46-22-10-9-19-43(46)45-21-12-14-24-50(45)56-51)32-42(33-41)54-58-52(37-15-5-3-6-16-37)57-53(59-54)38-17-7-4-8-18-38/h3-34H,1-2H3. The Morgan fingerprint density at radius 2 is 0.797 bits per heavy atom. The first kappa shape index (κ1) is 34.7. The first-order chi connectivity index (χ1) is 29.0. The van der Waals surface area contributed by atoms with Crippen LogP contribution in [0.2, 0.25) is 0 Å². The summed E-state index contributed by atoms with van der Waals surface area (Å²) in [6.45, 7) is 4.65. The van der Waals surface area contributed by atoms with Crippen molar-refractivity contribution in [2.45, 2.75) is 19.3 Å². The van der Waals surface area contributed by atoms with E-state index in [4.69, 9.17) is 19.9 Å². The Hall–Kier alpha value is -7.56. The fourth-order valence-electron chi connectivity index (χ4n) is 8.87. The van der Waals surface area contributed by atoms with Crippen LogP contribution in [-0.2, 0) is 5.41 Å². The third-order valence-corrected chi connectivity index (χ3v) is 11.9. The number of benzene rings is 8. The Bertz CT molecular complexity index is 3170. The highest BCUT2D eigenvalue weighted by Crippen LogP contribution is 2.50. The van der Waals surface area contributed by atoms with Gasteiger partial charge in [-0.1, -0.05) is 178 Å². The lowest BCUT2D eigenvalue weighted by Gasteiger charge is -2.21. The molecule has 4 heteroatoms. The molecule has 0 amide bonds. The average Bonchev–Trinajstić information content (AvgIpc) is 3.54. The molecular weight excluding hydrogens is 717 g/mol. The normalized spacial score (nSPS) is 12.7. The molecule has 0 bridgehead atoms. The van der Waals surface area contributed by atoms with Crippen molar-refractivity contribution < 1.29 is 0 Å². The minimum atomic E-state index is -0.0724. The minimum absolute atomic E-state index is 0.0724. The van der Waals surface area contributed by atoms with Crippen molar-refractivity contribution in [2.75, 3.05) is 0 Å². The number of nitrogens with zero attached hydrogens (tertiary/aromatic N) is 4. The van der Waals surface area contributed by atoms with Gasteiger partial charge in [0.05, 0.1) is 11.2 Å². The fourth-order valence-corrected chi connectivity index (χ4v) is 8.87. The predicted octanol–water partition coefficient (Wildman–Crippen LogP) is 13.9. The average molecular weight is 755 g/mol. The summed E-state index contributed by atoms with van der Waals surface area (Å²) in [6, 6.07) is 68.6. The van der Waals surface area contributed by atoms with Gasteiger partial charge in [-0.25, -0.2) is 19.9 Å². The highest BCUT2D eigenvalue weighted by atomic mass is 15.0. The van der Waals surface area contributed by atoms with Gasteiger partial charge in [0.1, 0.15) is 0 Å². The summed E-state index contributed by atoms with van der Waals surface area (Å²) < 4.78 is 0. The number of hydrogen-bond acceptors (Lipinski definition) is 4. The Balaban J connectivity index is 1.09. The van der Waals surface area contributed by atoms with Crippen LogP contribution in [0.15, 0.2) is 194 Å². The van der Waals surface area contributed by atoms with Crippen LogP contribution < -0.4 is 0 Å². The van der Waals surface area contributed by atoms with Gasteiger partial charge in [-0.15, -0.1) is 0 Å². The third kappa shape index (κ3) is 6.00. The number of para-hydroxylation sites is 1. The largest absolute Gasteiger partial charge is 0.247 e. The molecule has 2 heterocycles. The maximum Gasteiger partial charge on any atom is 0.164 e. The van der Waals surface area contributed by atoms with Crippen molar-refractivity contribution in [3.05, 3.63) is 205 Å². The third-order valence-electron chi connectivity index (χ3n) is 11.9. The Labute approximate surface area is 343 Å². The molecule has 0 saturated carbocycles. The van der Waals surface area contributed by atoms with Crippen LogP contribution in [0.4, 0.5) is 0 Å². The summed E-state index contributed by atoms with van der Waals surface area (Å²) in [7, 11) is 0. The Morgan fingerprint density at radius 1 is 0.305 bits per heavy atom. The van der Waals surface area contributed by atoms with E-state index in [1.807, 2.05) is 36.4 Å². The van der Waals surface area contributed by atoms with Gasteiger partial charge in [0.15, 0.2) is 17.5 Å². The molecule has 11 rings (SSSR count). The topological polar surface area (TPSA) is 51.6 Å². The first-order valence-electron chi connectivity index (χ1n) is 20.1. The number of pyridine rings is 1. The van der Waals surface area contributed by atoms with Crippen molar-refractivity contribution in [1.82, 2.24) is 19.9 Å². The van der Waals surface area contributed by atoms with Crippen LogP contribution in [0.3, 0.4) is 0 Å². The van der Waals surface area contributed by atoms with Crippen LogP contribution in [0.25, 0.3) is 100 Å². The molecule has 1 aliphatic rings. The first-order valence-corrected chi connectivity index (χ1v) is 20.1. The van der Waals surface area contributed by atoms with Gasteiger partial charge in [-0.2, -0.15) is 0 Å². The summed E-state index contributed by atoms with van der Waals surface area (Å²) >= 11 is 0. The quantitative estimate of drug-likeness (QED) is 0.159. The molecule has 1 aliphatic carbocycles. The molecule has 10 aromatic rings. The Morgan fingerprint density at radius 3 is 1.49 bits per heavy atom. The summed E-state index contributed by atoms with van der Waals surface area (Å²) in [5.41, 5.74) is 15.5. The number of fused-ring (bicyclic) bond motifs is 6. The summed E-state index contributed by atoms with van der Waals surface area (Å²) in [5, 5.41) is 3.51. The minimum Gasteiger partial charge on any atom is -0.247 e. The van der Waals surface area contributed by atoms with Crippen LogP contribution in [-0.4, -0.2) is 19.9 Å². The van der Waals surface area contributed by atoms with E-state index in [9.17, 15) is 0 Å². The van der Waals surface area contributed by atoms with Gasteiger partial charge in [0.25, 0.3) is 0 Å². The van der Waals surface area contributed by atoms with E-state index in [1.165, 1.54) is 27.6 Å². The van der Waals surface area contributed by atoms with E-state index >= 15 is 0 Å². The van der Waals surface area contributed by atoms with E-state index in [-0.39, 0.29) is 5.41 Å². The molecule has 278 valence electrons. The highest BCUT2D eigenvalue weighted by Gasteiger charge is 2.35. The predicted molar refractivity (Wildman–Crippen MR) is 243 cm³/mol. The van der Waals surface area contributed by atoms with Crippen molar-refractivity contribution in [2.24, 2.45) is 0 Å². The van der Waals surface area contributed by atoms with Gasteiger partial charge < -0.3 is 0 Å². The summed E-state index contributed by atoms with van der Waals surface area (Å²) in [5.74, 6) is 1.89. The fraction of sp³-hybridized carbons (Fsp3) is 0.0545.